The van der Waals surface area contributed by atoms with Crippen molar-refractivity contribution in [3.63, 3.8) is 0 Å². The third kappa shape index (κ3) is 5.18. The van der Waals surface area contributed by atoms with Crippen molar-refractivity contribution in [2.75, 3.05) is 18.4 Å². The van der Waals surface area contributed by atoms with E-state index in [1.165, 1.54) is 22.0 Å². The highest BCUT2D eigenvalue weighted by molar-refractivity contribution is 7.89. The zero-order valence-electron chi connectivity index (χ0n) is 17.0. The molecule has 1 aliphatic rings. The Morgan fingerprint density at radius 2 is 1.55 bits per heavy atom. The molecule has 29 heavy (non-hydrogen) atoms. The van der Waals surface area contributed by atoms with Gasteiger partial charge >= 0.3 is 0 Å². The summed E-state index contributed by atoms with van der Waals surface area (Å²) in [6.07, 6.45) is 0.997. The van der Waals surface area contributed by atoms with Crippen LogP contribution in [0, 0.1) is 5.92 Å². The Morgan fingerprint density at radius 3 is 2.07 bits per heavy atom. The normalized spacial score (nSPS) is 16.6. The first-order valence-electron chi connectivity index (χ1n) is 9.74. The van der Waals surface area contributed by atoms with Crippen molar-refractivity contribution in [2.45, 2.75) is 43.9 Å². The SMILES string of the molecule is CC(C)(C)c1ccc(NC(=O)C2CCN(S(=O)(=O)c3ccc(Cl)cc3)CC2)cc1. The van der Waals surface area contributed by atoms with Crippen LogP contribution in [0.4, 0.5) is 5.69 Å². The van der Waals surface area contributed by atoms with Gasteiger partial charge in [0.05, 0.1) is 4.90 Å². The van der Waals surface area contributed by atoms with Crippen LogP contribution >= 0.6 is 11.6 Å². The third-order valence-corrected chi connectivity index (χ3v) is 7.46. The lowest BCUT2D eigenvalue weighted by molar-refractivity contribution is -0.120. The average Bonchev–Trinajstić information content (AvgIpc) is 2.68. The smallest absolute Gasteiger partial charge is 0.243 e. The molecule has 1 N–H and O–H groups in total. The monoisotopic (exact) mass is 434 g/mol. The fourth-order valence-electron chi connectivity index (χ4n) is 3.41. The van der Waals surface area contributed by atoms with Crippen molar-refractivity contribution in [2.24, 2.45) is 5.92 Å². The Balaban J connectivity index is 1.59. The number of carbonyl (C=O) groups is 1. The number of halogens is 1. The predicted molar refractivity (Wildman–Crippen MR) is 117 cm³/mol. The Labute approximate surface area is 178 Å². The molecule has 1 amide bonds. The molecular weight excluding hydrogens is 408 g/mol. The molecule has 0 aromatic heterocycles. The van der Waals surface area contributed by atoms with Gasteiger partial charge in [-0.15, -0.1) is 0 Å². The van der Waals surface area contributed by atoms with Gasteiger partial charge in [-0.3, -0.25) is 4.79 Å². The van der Waals surface area contributed by atoms with E-state index in [2.05, 4.69) is 26.1 Å². The molecule has 7 heteroatoms. The van der Waals surface area contributed by atoms with Crippen LogP contribution in [-0.2, 0) is 20.2 Å². The maximum Gasteiger partial charge on any atom is 0.243 e. The lowest BCUT2D eigenvalue weighted by Crippen LogP contribution is -2.41. The third-order valence-electron chi connectivity index (χ3n) is 5.29. The molecule has 2 aromatic carbocycles. The molecule has 0 spiro atoms. The van der Waals surface area contributed by atoms with Crippen molar-refractivity contribution in [1.82, 2.24) is 4.31 Å². The van der Waals surface area contributed by atoms with Gasteiger partial charge in [0.2, 0.25) is 15.9 Å². The number of sulfonamides is 1. The molecular formula is C22H27ClN2O3S. The number of hydrogen-bond acceptors (Lipinski definition) is 3. The van der Waals surface area contributed by atoms with E-state index in [1.54, 1.807) is 12.1 Å². The molecule has 1 aliphatic heterocycles. The van der Waals surface area contributed by atoms with Crippen LogP contribution in [0.3, 0.4) is 0 Å². The van der Waals surface area contributed by atoms with E-state index in [-0.39, 0.29) is 22.1 Å². The van der Waals surface area contributed by atoms with Crippen LogP contribution in [0.15, 0.2) is 53.4 Å². The van der Waals surface area contributed by atoms with Crippen molar-refractivity contribution in [3.8, 4) is 0 Å². The number of rotatable bonds is 4. The van der Waals surface area contributed by atoms with Gasteiger partial charge < -0.3 is 5.32 Å². The molecule has 156 valence electrons. The standard InChI is InChI=1S/C22H27ClN2O3S/c1-22(2,3)17-4-8-19(9-5-17)24-21(26)16-12-14-25(15-13-16)29(27,28)20-10-6-18(23)7-11-20/h4-11,16H,12-15H2,1-3H3,(H,24,26). The summed E-state index contributed by atoms with van der Waals surface area (Å²) >= 11 is 5.85. The van der Waals surface area contributed by atoms with Gasteiger partial charge in [-0.1, -0.05) is 44.5 Å². The molecule has 5 nitrogen and oxygen atoms in total. The first kappa shape index (κ1) is 21.8. The van der Waals surface area contributed by atoms with Crippen molar-refractivity contribution in [3.05, 3.63) is 59.1 Å². The lowest BCUT2D eigenvalue weighted by atomic mass is 9.87. The lowest BCUT2D eigenvalue weighted by Gasteiger charge is -2.30. The number of nitrogens with one attached hydrogen (secondary N) is 1. The first-order chi connectivity index (χ1) is 13.6. The molecule has 1 fully saturated rings. The van der Waals surface area contributed by atoms with Crippen LogP contribution in [0.25, 0.3) is 0 Å². The van der Waals surface area contributed by atoms with E-state index in [0.717, 1.165) is 5.69 Å². The zero-order chi connectivity index (χ0) is 21.2. The number of hydrogen-bond donors (Lipinski definition) is 1. The van der Waals surface area contributed by atoms with E-state index in [0.29, 0.717) is 31.0 Å². The summed E-state index contributed by atoms with van der Waals surface area (Å²) in [5, 5.41) is 3.46. The van der Waals surface area contributed by atoms with Gasteiger partial charge in [0.15, 0.2) is 0 Å². The number of benzene rings is 2. The zero-order valence-corrected chi connectivity index (χ0v) is 18.6. The summed E-state index contributed by atoms with van der Waals surface area (Å²) in [7, 11) is -3.56. The fourth-order valence-corrected chi connectivity index (χ4v) is 5.01. The van der Waals surface area contributed by atoms with Crippen LogP contribution in [0.1, 0.15) is 39.2 Å². The van der Waals surface area contributed by atoms with Gasteiger partial charge in [-0.2, -0.15) is 4.31 Å². The predicted octanol–water partition coefficient (Wildman–Crippen LogP) is 4.68. The Hall–Kier alpha value is -1.89. The van der Waals surface area contributed by atoms with Gasteiger partial charge in [0, 0.05) is 29.7 Å². The van der Waals surface area contributed by atoms with Crippen LogP contribution < -0.4 is 5.32 Å². The highest BCUT2D eigenvalue weighted by Crippen LogP contribution is 2.27. The molecule has 0 unspecified atom stereocenters. The number of anilines is 1. The van der Waals surface area contributed by atoms with Gasteiger partial charge in [-0.25, -0.2) is 8.42 Å². The summed E-state index contributed by atoms with van der Waals surface area (Å²) in [6.45, 7) is 7.09. The highest BCUT2D eigenvalue weighted by atomic mass is 35.5. The second kappa shape index (κ2) is 8.46. The molecule has 1 saturated heterocycles. The number of carbonyl (C=O) groups excluding carboxylic acids is 1. The van der Waals surface area contributed by atoms with Crippen LogP contribution in [0.5, 0.6) is 0 Å². The minimum Gasteiger partial charge on any atom is -0.326 e. The molecule has 0 aliphatic carbocycles. The molecule has 3 rings (SSSR count). The fraction of sp³-hybridized carbons (Fsp3) is 0.409. The van der Waals surface area contributed by atoms with Crippen molar-refractivity contribution >= 4 is 33.2 Å². The summed E-state index contributed by atoms with van der Waals surface area (Å²) in [5.41, 5.74) is 2.03. The molecule has 1 heterocycles. The van der Waals surface area contributed by atoms with Crippen molar-refractivity contribution in [1.29, 1.82) is 0 Å². The van der Waals surface area contributed by atoms with E-state index in [9.17, 15) is 13.2 Å². The average molecular weight is 435 g/mol. The van der Waals surface area contributed by atoms with E-state index >= 15 is 0 Å². The Morgan fingerprint density at radius 1 is 1.00 bits per heavy atom. The molecule has 2 aromatic rings. The van der Waals surface area contributed by atoms with E-state index in [4.69, 9.17) is 11.6 Å². The quantitative estimate of drug-likeness (QED) is 0.759. The Bertz CT molecular complexity index is 957. The van der Waals surface area contributed by atoms with Crippen LogP contribution in [-0.4, -0.2) is 31.7 Å². The largest absolute Gasteiger partial charge is 0.326 e. The molecule has 0 bridgehead atoms. The number of nitrogens with zero attached hydrogens (tertiary/aromatic N) is 1. The van der Waals surface area contributed by atoms with E-state index in [1.807, 2.05) is 24.3 Å². The second-order valence-corrected chi connectivity index (χ2v) is 10.8. The van der Waals surface area contributed by atoms with Gasteiger partial charge in [-0.05, 0) is 60.2 Å². The molecule has 0 atom stereocenters. The molecule has 0 saturated carbocycles. The summed E-state index contributed by atoms with van der Waals surface area (Å²) < 4.78 is 27.0. The first-order valence-corrected chi connectivity index (χ1v) is 11.6. The molecule has 0 radical (unpaired) electrons. The van der Waals surface area contributed by atoms with Gasteiger partial charge in [0.25, 0.3) is 0 Å². The minimum atomic E-state index is -3.56. The topological polar surface area (TPSA) is 66.5 Å². The summed E-state index contributed by atoms with van der Waals surface area (Å²) in [6, 6.07) is 14.0. The van der Waals surface area contributed by atoms with Gasteiger partial charge in [0.1, 0.15) is 0 Å². The van der Waals surface area contributed by atoms with Crippen LogP contribution in [0.2, 0.25) is 5.02 Å². The maximum atomic E-state index is 12.8. The Kier molecular flexibility index (Phi) is 6.36. The number of amides is 1. The van der Waals surface area contributed by atoms with E-state index < -0.39 is 10.0 Å². The summed E-state index contributed by atoms with van der Waals surface area (Å²) in [5.74, 6) is -0.258. The minimum absolute atomic E-state index is 0.0583. The number of piperidine rings is 1. The maximum absolute atomic E-state index is 12.8. The summed E-state index contributed by atoms with van der Waals surface area (Å²) in [4.78, 5) is 12.8. The highest BCUT2D eigenvalue weighted by Gasteiger charge is 2.32. The van der Waals surface area contributed by atoms with Crippen molar-refractivity contribution < 1.29 is 13.2 Å². The second-order valence-electron chi connectivity index (χ2n) is 8.45.